The van der Waals surface area contributed by atoms with Crippen molar-refractivity contribution in [3.63, 3.8) is 0 Å². The number of fused-ring (bicyclic) bond motifs is 1. The molecule has 3 aromatic rings. The predicted octanol–water partition coefficient (Wildman–Crippen LogP) is 2.29. The van der Waals surface area contributed by atoms with Crippen molar-refractivity contribution in [3.8, 4) is 11.6 Å². The molecule has 5 heteroatoms. The average molecular weight is 254 g/mol. The van der Waals surface area contributed by atoms with Gasteiger partial charge in [-0.25, -0.2) is 9.50 Å². The minimum absolute atomic E-state index is 0.428. The smallest absolute Gasteiger partial charge is 0.245 e. The minimum atomic E-state index is 0.428. The summed E-state index contributed by atoms with van der Waals surface area (Å²) in [6.45, 7) is 2.36. The van der Waals surface area contributed by atoms with E-state index in [1.54, 1.807) is 16.9 Å². The summed E-state index contributed by atoms with van der Waals surface area (Å²) in [6.07, 6.45) is 3.46. The van der Waals surface area contributed by atoms with Crippen molar-refractivity contribution in [3.05, 3.63) is 54.0 Å². The number of para-hydroxylation sites is 1. The molecule has 2 heterocycles. The van der Waals surface area contributed by atoms with Crippen LogP contribution in [0.25, 0.3) is 5.52 Å². The monoisotopic (exact) mass is 254 g/mol. The minimum Gasteiger partial charge on any atom is -0.437 e. The molecule has 0 fully saturated rings. The van der Waals surface area contributed by atoms with E-state index in [0.29, 0.717) is 12.4 Å². The van der Waals surface area contributed by atoms with Crippen LogP contribution in [0.1, 0.15) is 11.3 Å². The van der Waals surface area contributed by atoms with Crippen molar-refractivity contribution in [2.24, 2.45) is 5.73 Å². The first-order valence-electron chi connectivity index (χ1n) is 6.05. The molecule has 0 unspecified atom stereocenters. The molecule has 0 saturated heterocycles. The Morgan fingerprint density at radius 2 is 2.16 bits per heavy atom. The molecule has 0 bridgehead atoms. The maximum atomic E-state index is 5.88. The Kier molecular flexibility index (Phi) is 2.89. The van der Waals surface area contributed by atoms with Crippen LogP contribution in [0, 0.1) is 6.92 Å². The fraction of sp³-hybridized carbons (Fsp3) is 0.143. The van der Waals surface area contributed by atoms with Crippen LogP contribution in [-0.2, 0) is 6.54 Å². The summed E-state index contributed by atoms with van der Waals surface area (Å²) < 4.78 is 7.63. The van der Waals surface area contributed by atoms with E-state index in [1.165, 1.54) is 0 Å². The summed E-state index contributed by atoms with van der Waals surface area (Å²) in [7, 11) is 0. The van der Waals surface area contributed by atoms with E-state index in [2.05, 4.69) is 10.1 Å². The van der Waals surface area contributed by atoms with Gasteiger partial charge in [0.15, 0.2) is 0 Å². The van der Waals surface area contributed by atoms with Crippen LogP contribution in [0.4, 0.5) is 0 Å². The summed E-state index contributed by atoms with van der Waals surface area (Å²) >= 11 is 0. The maximum absolute atomic E-state index is 5.88. The SMILES string of the molecule is Cc1cc2c(Oc3ccccc3CN)nccn2n1. The van der Waals surface area contributed by atoms with E-state index in [0.717, 1.165) is 22.5 Å². The Bertz CT molecular complexity index is 720. The normalized spacial score (nSPS) is 10.8. The first kappa shape index (κ1) is 11.7. The standard InChI is InChI=1S/C14H14N4O/c1-10-8-12-14(16-6-7-18(12)17-10)19-13-5-3-2-4-11(13)9-15/h2-8H,9,15H2,1H3. The zero-order chi connectivity index (χ0) is 13.2. The summed E-state index contributed by atoms with van der Waals surface area (Å²) in [5.74, 6) is 1.26. The number of nitrogens with zero attached hydrogens (tertiary/aromatic N) is 3. The van der Waals surface area contributed by atoms with Crippen LogP contribution in [-0.4, -0.2) is 14.6 Å². The lowest BCUT2D eigenvalue weighted by molar-refractivity contribution is 0.460. The highest BCUT2D eigenvalue weighted by Crippen LogP contribution is 2.26. The zero-order valence-electron chi connectivity index (χ0n) is 10.6. The van der Waals surface area contributed by atoms with Gasteiger partial charge in [0, 0.05) is 24.5 Å². The second-order valence-electron chi connectivity index (χ2n) is 4.26. The van der Waals surface area contributed by atoms with Gasteiger partial charge in [0.1, 0.15) is 11.3 Å². The number of nitrogens with two attached hydrogens (primary N) is 1. The van der Waals surface area contributed by atoms with E-state index in [4.69, 9.17) is 10.5 Å². The molecule has 1 aromatic carbocycles. The number of hydrogen-bond acceptors (Lipinski definition) is 4. The number of benzene rings is 1. The third-order valence-electron chi connectivity index (χ3n) is 2.88. The van der Waals surface area contributed by atoms with E-state index < -0.39 is 0 Å². The van der Waals surface area contributed by atoms with E-state index in [1.807, 2.05) is 37.3 Å². The van der Waals surface area contributed by atoms with Gasteiger partial charge in [0.25, 0.3) is 0 Å². The summed E-state index contributed by atoms with van der Waals surface area (Å²) in [6, 6.07) is 9.61. The van der Waals surface area contributed by atoms with Crippen molar-refractivity contribution in [2.75, 3.05) is 0 Å². The van der Waals surface area contributed by atoms with Gasteiger partial charge >= 0.3 is 0 Å². The quantitative estimate of drug-likeness (QED) is 0.778. The molecule has 0 spiro atoms. The molecule has 0 radical (unpaired) electrons. The molecule has 0 saturated carbocycles. The van der Waals surface area contributed by atoms with Gasteiger partial charge in [-0.1, -0.05) is 18.2 Å². The first-order valence-corrected chi connectivity index (χ1v) is 6.05. The molecule has 0 aliphatic heterocycles. The van der Waals surface area contributed by atoms with Gasteiger partial charge in [0.2, 0.25) is 5.88 Å². The van der Waals surface area contributed by atoms with Gasteiger partial charge in [0.05, 0.1) is 5.69 Å². The summed E-state index contributed by atoms with van der Waals surface area (Å²) in [5, 5.41) is 4.33. The Labute approximate surface area is 110 Å². The molecular formula is C14H14N4O. The Morgan fingerprint density at radius 3 is 3.00 bits per heavy atom. The third kappa shape index (κ3) is 2.15. The van der Waals surface area contributed by atoms with Crippen LogP contribution in [0.15, 0.2) is 42.7 Å². The Hall–Kier alpha value is -2.40. The molecule has 2 N–H and O–H groups in total. The van der Waals surface area contributed by atoms with E-state index >= 15 is 0 Å². The van der Waals surface area contributed by atoms with Gasteiger partial charge in [-0.15, -0.1) is 0 Å². The van der Waals surface area contributed by atoms with Crippen molar-refractivity contribution < 1.29 is 4.74 Å². The summed E-state index contributed by atoms with van der Waals surface area (Å²) in [5.41, 5.74) is 8.41. The van der Waals surface area contributed by atoms with Gasteiger partial charge < -0.3 is 10.5 Å². The predicted molar refractivity (Wildman–Crippen MR) is 72.1 cm³/mol. The fourth-order valence-electron chi connectivity index (χ4n) is 1.98. The molecular weight excluding hydrogens is 240 g/mol. The fourth-order valence-corrected chi connectivity index (χ4v) is 1.98. The maximum Gasteiger partial charge on any atom is 0.245 e. The number of aromatic nitrogens is 3. The zero-order valence-corrected chi connectivity index (χ0v) is 10.6. The lowest BCUT2D eigenvalue weighted by atomic mass is 10.2. The lowest BCUT2D eigenvalue weighted by Gasteiger charge is -2.09. The number of aryl methyl sites for hydroxylation is 1. The van der Waals surface area contributed by atoms with Gasteiger partial charge in [-0.3, -0.25) is 0 Å². The highest BCUT2D eigenvalue weighted by atomic mass is 16.5. The van der Waals surface area contributed by atoms with Crippen LogP contribution < -0.4 is 10.5 Å². The van der Waals surface area contributed by atoms with Gasteiger partial charge in [-0.05, 0) is 19.1 Å². The summed E-state index contributed by atoms with van der Waals surface area (Å²) in [4.78, 5) is 4.27. The van der Waals surface area contributed by atoms with E-state index in [-0.39, 0.29) is 0 Å². The molecule has 0 amide bonds. The first-order chi connectivity index (χ1) is 9.28. The van der Waals surface area contributed by atoms with Crippen molar-refractivity contribution in [2.45, 2.75) is 13.5 Å². The van der Waals surface area contributed by atoms with Gasteiger partial charge in [-0.2, -0.15) is 5.10 Å². The molecule has 3 rings (SSSR count). The Morgan fingerprint density at radius 1 is 1.32 bits per heavy atom. The highest BCUT2D eigenvalue weighted by molar-refractivity contribution is 5.57. The molecule has 19 heavy (non-hydrogen) atoms. The number of rotatable bonds is 3. The lowest BCUT2D eigenvalue weighted by Crippen LogP contribution is -2.00. The molecule has 2 aromatic heterocycles. The van der Waals surface area contributed by atoms with E-state index in [9.17, 15) is 0 Å². The molecule has 96 valence electrons. The highest BCUT2D eigenvalue weighted by Gasteiger charge is 2.09. The average Bonchev–Trinajstić information content (AvgIpc) is 2.81. The Balaban J connectivity index is 2.05. The second-order valence-corrected chi connectivity index (χ2v) is 4.26. The number of hydrogen-bond donors (Lipinski definition) is 1. The topological polar surface area (TPSA) is 65.4 Å². The van der Waals surface area contributed by atoms with Crippen LogP contribution in [0.2, 0.25) is 0 Å². The molecule has 0 atom stereocenters. The van der Waals surface area contributed by atoms with Crippen LogP contribution in [0.5, 0.6) is 11.6 Å². The van der Waals surface area contributed by atoms with Crippen LogP contribution in [0.3, 0.4) is 0 Å². The second kappa shape index (κ2) is 4.70. The van der Waals surface area contributed by atoms with Crippen molar-refractivity contribution in [1.82, 2.24) is 14.6 Å². The largest absolute Gasteiger partial charge is 0.437 e. The third-order valence-corrected chi connectivity index (χ3v) is 2.88. The van der Waals surface area contributed by atoms with Crippen molar-refractivity contribution in [1.29, 1.82) is 0 Å². The van der Waals surface area contributed by atoms with Crippen LogP contribution >= 0.6 is 0 Å². The molecule has 5 nitrogen and oxygen atoms in total. The van der Waals surface area contributed by atoms with Crippen molar-refractivity contribution >= 4 is 5.52 Å². The number of ether oxygens (including phenoxy) is 1. The molecule has 0 aliphatic rings. The molecule has 0 aliphatic carbocycles.